The molecule has 1 aliphatic rings. The van der Waals surface area contributed by atoms with Crippen molar-refractivity contribution in [3.05, 3.63) is 64.0 Å². The van der Waals surface area contributed by atoms with Gasteiger partial charge in [-0.05, 0) is 47.7 Å². The maximum absolute atomic E-state index is 12.6. The number of aromatic nitrogens is 2. The zero-order valence-corrected chi connectivity index (χ0v) is 20.8. The van der Waals surface area contributed by atoms with Crippen molar-refractivity contribution >= 4 is 58.3 Å². The van der Waals surface area contributed by atoms with Crippen LogP contribution in [0.1, 0.15) is 5.56 Å². The second kappa shape index (κ2) is 11.4. The molecule has 3 amide bonds. The number of hydrogen-bond donors (Lipinski definition) is 1. The van der Waals surface area contributed by atoms with Crippen molar-refractivity contribution in [3.8, 4) is 17.2 Å². The predicted octanol–water partition coefficient (Wildman–Crippen LogP) is 4.34. The average Bonchev–Trinajstić information content (AvgIpc) is 3.43. The highest BCUT2D eigenvalue weighted by molar-refractivity contribution is 8.18. The molecule has 1 aromatic heterocycles. The third kappa shape index (κ3) is 6.24. The van der Waals surface area contributed by atoms with Gasteiger partial charge in [0.15, 0.2) is 0 Å². The summed E-state index contributed by atoms with van der Waals surface area (Å²) in [5.41, 5.74) is 1.39. The van der Waals surface area contributed by atoms with Gasteiger partial charge in [0.05, 0.1) is 28.4 Å². The molecular weight excluding hydrogens is 512 g/mol. The number of nitrogens with zero attached hydrogens (tertiary/aromatic N) is 3. The van der Waals surface area contributed by atoms with Gasteiger partial charge < -0.3 is 14.5 Å². The predicted molar refractivity (Wildman–Crippen MR) is 134 cm³/mol. The zero-order valence-electron chi connectivity index (χ0n) is 18.4. The summed E-state index contributed by atoms with van der Waals surface area (Å²) in [5, 5.41) is 10.9. The van der Waals surface area contributed by atoms with Crippen molar-refractivity contribution in [2.45, 2.75) is 5.22 Å². The first kappa shape index (κ1) is 24.8. The van der Waals surface area contributed by atoms with E-state index in [9.17, 15) is 14.4 Å². The van der Waals surface area contributed by atoms with Gasteiger partial charge in [-0.2, -0.15) is 0 Å². The molecule has 3 aromatic rings. The Hall–Kier alpha value is -3.28. The molecule has 1 N–H and O–H groups in total. The topological polar surface area (TPSA) is 115 Å². The lowest BCUT2D eigenvalue weighted by Gasteiger charge is -2.12. The quantitative estimate of drug-likeness (QED) is 0.318. The van der Waals surface area contributed by atoms with E-state index >= 15 is 0 Å². The molecular formula is C23H19ClN4O5S2. The molecule has 180 valence electrons. The molecule has 1 aliphatic heterocycles. The standard InChI is InChI=1S/C23H19ClN4O5S2/c1-32-15-8-6-14(7-9-15)12-18-21(30)28(23(31)35-18)11-10-25-19(29)13-34-22-27-26-20(33-22)16-4-2-3-5-17(16)24/h2-9,12H,10-11,13H2,1H3,(H,25,29)/b18-12+. The normalized spacial score (nSPS) is 14.6. The van der Waals surface area contributed by atoms with E-state index in [-0.39, 0.29) is 41.1 Å². The number of nitrogens with one attached hydrogen (secondary N) is 1. The van der Waals surface area contributed by atoms with Crippen molar-refractivity contribution in [3.63, 3.8) is 0 Å². The third-order valence-corrected chi connectivity index (χ3v) is 6.84. The monoisotopic (exact) mass is 530 g/mol. The Morgan fingerprint density at radius 3 is 2.71 bits per heavy atom. The molecule has 1 fully saturated rings. The minimum atomic E-state index is -0.391. The Bertz CT molecular complexity index is 1280. The van der Waals surface area contributed by atoms with Crippen LogP contribution < -0.4 is 10.1 Å². The molecule has 2 aromatic carbocycles. The molecule has 0 saturated carbocycles. The van der Waals surface area contributed by atoms with Gasteiger partial charge in [-0.3, -0.25) is 19.3 Å². The van der Waals surface area contributed by atoms with E-state index in [1.54, 1.807) is 61.7 Å². The molecule has 9 nitrogen and oxygen atoms in total. The number of rotatable bonds is 9. The van der Waals surface area contributed by atoms with Crippen LogP contribution in [0.25, 0.3) is 17.5 Å². The smallest absolute Gasteiger partial charge is 0.293 e. The second-order valence-corrected chi connectivity index (χ2v) is 9.43. The number of carbonyl (C=O) groups is 3. The van der Waals surface area contributed by atoms with Gasteiger partial charge >= 0.3 is 0 Å². The highest BCUT2D eigenvalue weighted by Crippen LogP contribution is 2.32. The van der Waals surface area contributed by atoms with Crippen molar-refractivity contribution in [2.75, 3.05) is 26.0 Å². The summed E-state index contributed by atoms with van der Waals surface area (Å²) in [7, 11) is 1.57. The number of halogens is 1. The number of ether oxygens (including phenoxy) is 1. The summed E-state index contributed by atoms with van der Waals surface area (Å²) in [6.07, 6.45) is 1.65. The largest absolute Gasteiger partial charge is 0.497 e. The summed E-state index contributed by atoms with van der Waals surface area (Å²) in [4.78, 5) is 38.5. The Balaban J connectivity index is 1.24. The van der Waals surface area contributed by atoms with Crippen molar-refractivity contribution < 1.29 is 23.5 Å². The Labute approximate surface area is 214 Å². The zero-order chi connectivity index (χ0) is 24.8. The van der Waals surface area contributed by atoms with E-state index in [1.165, 1.54) is 0 Å². The molecule has 0 bridgehead atoms. The van der Waals surface area contributed by atoms with Gasteiger partial charge in [0.25, 0.3) is 16.4 Å². The highest BCUT2D eigenvalue weighted by atomic mass is 35.5. The molecule has 2 heterocycles. The molecule has 0 radical (unpaired) electrons. The first-order chi connectivity index (χ1) is 16.9. The van der Waals surface area contributed by atoms with E-state index < -0.39 is 5.91 Å². The van der Waals surface area contributed by atoms with Gasteiger partial charge in [-0.25, -0.2) is 0 Å². The van der Waals surface area contributed by atoms with Gasteiger partial charge in [0.1, 0.15) is 5.75 Å². The van der Waals surface area contributed by atoms with E-state index in [0.29, 0.717) is 21.2 Å². The summed E-state index contributed by atoms with van der Waals surface area (Å²) < 4.78 is 10.7. The van der Waals surface area contributed by atoms with Crippen LogP contribution >= 0.6 is 35.1 Å². The molecule has 4 rings (SSSR count). The summed E-state index contributed by atoms with van der Waals surface area (Å²) in [6.45, 7) is 0.195. The van der Waals surface area contributed by atoms with Crippen LogP contribution in [-0.4, -0.2) is 58.1 Å². The van der Waals surface area contributed by atoms with Crippen LogP contribution in [0.4, 0.5) is 4.79 Å². The van der Waals surface area contributed by atoms with Gasteiger partial charge in [0, 0.05) is 13.1 Å². The molecule has 35 heavy (non-hydrogen) atoms. The number of carbonyl (C=O) groups excluding carboxylic acids is 3. The van der Waals surface area contributed by atoms with E-state index in [0.717, 1.165) is 34.0 Å². The molecule has 0 unspecified atom stereocenters. The summed E-state index contributed by atoms with van der Waals surface area (Å²) in [6, 6.07) is 14.2. The molecule has 0 spiro atoms. The number of amides is 3. The minimum Gasteiger partial charge on any atom is -0.497 e. The fraction of sp³-hybridized carbons (Fsp3) is 0.174. The van der Waals surface area contributed by atoms with Crippen LogP contribution in [0.15, 0.2) is 63.1 Å². The first-order valence-electron chi connectivity index (χ1n) is 10.3. The second-order valence-electron chi connectivity index (χ2n) is 7.10. The number of imide groups is 1. The fourth-order valence-corrected chi connectivity index (χ4v) is 4.72. The van der Waals surface area contributed by atoms with Gasteiger partial charge in [-0.1, -0.05) is 47.6 Å². The van der Waals surface area contributed by atoms with Crippen molar-refractivity contribution in [1.29, 1.82) is 0 Å². The van der Waals surface area contributed by atoms with Gasteiger partial charge in [-0.15, -0.1) is 10.2 Å². The lowest BCUT2D eigenvalue weighted by molar-refractivity contribution is -0.123. The van der Waals surface area contributed by atoms with Crippen molar-refractivity contribution in [1.82, 2.24) is 20.4 Å². The highest BCUT2D eigenvalue weighted by Gasteiger charge is 2.34. The Morgan fingerprint density at radius 2 is 1.97 bits per heavy atom. The molecule has 0 atom stereocenters. The van der Waals surface area contributed by atoms with Crippen LogP contribution in [0.3, 0.4) is 0 Å². The van der Waals surface area contributed by atoms with Crippen molar-refractivity contribution in [2.24, 2.45) is 0 Å². The molecule has 1 saturated heterocycles. The Morgan fingerprint density at radius 1 is 1.20 bits per heavy atom. The van der Waals surface area contributed by atoms with Crippen LogP contribution in [0.2, 0.25) is 5.02 Å². The van der Waals surface area contributed by atoms with E-state index in [4.69, 9.17) is 20.8 Å². The minimum absolute atomic E-state index is 0.0312. The number of hydrogen-bond acceptors (Lipinski definition) is 9. The van der Waals surface area contributed by atoms with Gasteiger partial charge in [0.2, 0.25) is 11.8 Å². The lowest BCUT2D eigenvalue weighted by atomic mass is 10.2. The average molecular weight is 531 g/mol. The maximum Gasteiger partial charge on any atom is 0.293 e. The lowest BCUT2D eigenvalue weighted by Crippen LogP contribution is -2.37. The molecule has 0 aliphatic carbocycles. The first-order valence-corrected chi connectivity index (χ1v) is 12.5. The summed E-state index contributed by atoms with van der Waals surface area (Å²) >= 11 is 8.07. The van der Waals surface area contributed by atoms with Crippen LogP contribution in [0, 0.1) is 0 Å². The fourth-order valence-electron chi connectivity index (χ4n) is 3.04. The number of thioether (sulfide) groups is 2. The SMILES string of the molecule is COc1ccc(/C=C2/SC(=O)N(CCNC(=O)CSc3nnc(-c4ccccc4Cl)o3)C2=O)cc1. The maximum atomic E-state index is 12.6. The molecule has 12 heteroatoms. The number of benzene rings is 2. The third-order valence-electron chi connectivity index (χ3n) is 4.78. The number of methoxy groups -OCH3 is 1. The van der Waals surface area contributed by atoms with Crippen LogP contribution in [-0.2, 0) is 9.59 Å². The summed E-state index contributed by atoms with van der Waals surface area (Å²) in [5.74, 6) is 0.305. The van der Waals surface area contributed by atoms with E-state index in [1.807, 2.05) is 0 Å². The van der Waals surface area contributed by atoms with Crippen LogP contribution in [0.5, 0.6) is 5.75 Å². The van der Waals surface area contributed by atoms with E-state index in [2.05, 4.69) is 15.5 Å². The Kier molecular flexibility index (Phi) is 8.11.